The summed E-state index contributed by atoms with van der Waals surface area (Å²) in [5.74, 6) is -0.0854. The van der Waals surface area contributed by atoms with Crippen LogP contribution < -0.4 is 10.6 Å². The van der Waals surface area contributed by atoms with Crippen molar-refractivity contribution in [3.63, 3.8) is 0 Å². The Morgan fingerprint density at radius 2 is 1.94 bits per heavy atom. The molecule has 0 bridgehead atoms. The van der Waals surface area contributed by atoms with Gasteiger partial charge in [0, 0.05) is 40.1 Å². The summed E-state index contributed by atoms with van der Waals surface area (Å²) in [7, 11) is 0. The average Bonchev–Trinajstić information content (AvgIpc) is 2.56. The van der Waals surface area contributed by atoms with Crippen LogP contribution in [0.5, 0.6) is 0 Å². The number of nitro groups is 1. The predicted molar refractivity (Wildman–Crippen MR) is 73.4 cm³/mol. The SMILES string of the molecule is NC1CC(=O)N(c2c(Br)cc([N+](=O)[O-])cc2Br)C1. The zero-order valence-electron chi connectivity index (χ0n) is 9.10. The molecule has 8 heteroatoms. The first-order valence-corrected chi connectivity index (χ1v) is 6.68. The van der Waals surface area contributed by atoms with Gasteiger partial charge in [0.1, 0.15) is 0 Å². The number of nitrogens with zero attached hydrogens (tertiary/aromatic N) is 2. The van der Waals surface area contributed by atoms with E-state index in [0.29, 0.717) is 21.2 Å². The first-order valence-electron chi connectivity index (χ1n) is 5.09. The van der Waals surface area contributed by atoms with Gasteiger partial charge >= 0.3 is 0 Å². The minimum absolute atomic E-state index is 0.0477. The fourth-order valence-corrected chi connectivity index (χ4v) is 3.46. The number of carbonyl (C=O) groups excluding carboxylic acids is 1. The van der Waals surface area contributed by atoms with E-state index in [4.69, 9.17) is 5.73 Å². The van der Waals surface area contributed by atoms with Crippen LogP contribution in [0.1, 0.15) is 6.42 Å². The van der Waals surface area contributed by atoms with Gasteiger partial charge in [-0.3, -0.25) is 14.9 Å². The third-order valence-corrected chi connectivity index (χ3v) is 3.85. The van der Waals surface area contributed by atoms with E-state index in [2.05, 4.69) is 31.9 Å². The summed E-state index contributed by atoms with van der Waals surface area (Å²) >= 11 is 6.51. The predicted octanol–water partition coefficient (Wildman–Crippen LogP) is 2.18. The standard InChI is InChI=1S/C10H9Br2N3O3/c11-7-2-6(15(17)18)3-8(12)10(7)14-4-5(13)1-9(14)16/h2-3,5H,1,4,13H2. The molecule has 0 radical (unpaired) electrons. The summed E-state index contributed by atoms with van der Waals surface area (Å²) in [5, 5.41) is 10.7. The lowest BCUT2D eigenvalue weighted by molar-refractivity contribution is -0.385. The number of rotatable bonds is 2. The van der Waals surface area contributed by atoms with Crippen molar-refractivity contribution in [1.29, 1.82) is 0 Å². The molecule has 0 aromatic heterocycles. The first kappa shape index (κ1) is 13.4. The van der Waals surface area contributed by atoms with Crippen molar-refractivity contribution in [2.45, 2.75) is 12.5 Å². The van der Waals surface area contributed by atoms with E-state index in [1.807, 2.05) is 0 Å². The molecule has 1 saturated heterocycles. The number of amides is 1. The maximum Gasteiger partial charge on any atom is 0.271 e. The molecule has 2 rings (SSSR count). The second-order valence-corrected chi connectivity index (χ2v) is 5.69. The lowest BCUT2D eigenvalue weighted by Gasteiger charge is -2.19. The fraction of sp³-hybridized carbons (Fsp3) is 0.300. The quantitative estimate of drug-likeness (QED) is 0.630. The van der Waals surface area contributed by atoms with Gasteiger partial charge in [0.25, 0.3) is 5.69 Å². The summed E-state index contributed by atoms with van der Waals surface area (Å²) in [5.41, 5.74) is 6.26. The average molecular weight is 379 g/mol. The van der Waals surface area contributed by atoms with Crippen LogP contribution in [0, 0.1) is 10.1 Å². The number of anilines is 1. The molecule has 1 amide bonds. The van der Waals surface area contributed by atoms with Gasteiger partial charge in [-0.15, -0.1) is 0 Å². The molecule has 1 atom stereocenters. The maximum atomic E-state index is 11.8. The summed E-state index contributed by atoms with van der Waals surface area (Å²) < 4.78 is 0.983. The normalized spacial score (nSPS) is 19.4. The van der Waals surface area contributed by atoms with Crippen LogP contribution in [0.4, 0.5) is 11.4 Å². The lowest BCUT2D eigenvalue weighted by atomic mass is 10.2. The number of halogens is 2. The van der Waals surface area contributed by atoms with Gasteiger partial charge in [0.05, 0.1) is 10.6 Å². The largest absolute Gasteiger partial charge is 0.326 e. The molecular formula is C10H9Br2N3O3. The minimum atomic E-state index is -0.489. The van der Waals surface area contributed by atoms with Crippen LogP contribution in [0.2, 0.25) is 0 Å². The highest BCUT2D eigenvalue weighted by Crippen LogP contribution is 2.39. The number of non-ortho nitro benzene ring substituents is 1. The van der Waals surface area contributed by atoms with E-state index in [9.17, 15) is 14.9 Å². The van der Waals surface area contributed by atoms with Gasteiger partial charge in [0.15, 0.2) is 0 Å². The summed E-state index contributed by atoms with van der Waals surface area (Å²) in [6.45, 7) is 0.411. The van der Waals surface area contributed by atoms with Crippen molar-refractivity contribution >= 4 is 49.1 Å². The minimum Gasteiger partial charge on any atom is -0.326 e. The van der Waals surface area contributed by atoms with Crippen molar-refractivity contribution in [2.24, 2.45) is 5.73 Å². The van der Waals surface area contributed by atoms with Crippen LogP contribution in [0.3, 0.4) is 0 Å². The van der Waals surface area contributed by atoms with E-state index >= 15 is 0 Å². The second kappa shape index (κ2) is 4.94. The summed E-state index contributed by atoms with van der Waals surface area (Å²) in [4.78, 5) is 23.5. The Labute approximate surface area is 120 Å². The molecule has 1 fully saturated rings. The molecule has 0 spiro atoms. The number of benzene rings is 1. The lowest BCUT2D eigenvalue weighted by Crippen LogP contribution is -2.28. The van der Waals surface area contributed by atoms with Gasteiger partial charge in [-0.25, -0.2) is 0 Å². The van der Waals surface area contributed by atoms with Gasteiger partial charge in [0.2, 0.25) is 5.91 Å². The molecule has 1 unspecified atom stereocenters. The zero-order chi connectivity index (χ0) is 13.4. The zero-order valence-corrected chi connectivity index (χ0v) is 12.3. The van der Waals surface area contributed by atoms with Crippen molar-refractivity contribution < 1.29 is 9.72 Å². The Bertz CT molecular complexity index is 512. The number of hydrogen-bond donors (Lipinski definition) is 1. The van der Waals surface area contributed by atoms with Crippen LogP contribution in [-0.4, -0.2) is 23.4 Å². The smallest absolute Gasteiger partial charge is 0.271 e. The second-order valence-electron chi connectivity index (χ2n) is 3.98. The Balaban J connectivity index is 2.46. The Morgan fingerprint density at radius 3 is 2.33 bits per heavy atom. The molecule has 6 nitrogen and oxygen atoms in total. The highest BCUT2D eigenvalue weighted by Gasteiger charge is 2.31. The summed E-state index contributed by atoms with van der Waals surface area (Å²) in [6.07, 6.45) is 0.288. The number of nitro benzene ring substituents is 1. The van der Waals surface area contributed by atoms with Crippen LogP contribution >= 0.6 is 31.9 Å². The first-order chi connectivity index (χ1) is 8.40. The number of hydrogen-bond acceptors (Lipinski definition) is 4. The Morgan fingerprint density at radius 1 is 1.39 bits per heavy atom. The van der Waals surface area contributed by atoms with Gasteiger partial charge < -0.3 is 10.6 Å². The molecule has 0 saturated carbocycles. The van der Waals surface area contributed by atoms with Crippen LogP contribution in [0.15, 0.2) is 21.1 Å². The molecule has 1 aromatic carbocycles. The number of carbonyl (C=O) groups is 1. The molecule has 1 aliphatic heterocycles. The van der Waals surface area contributed by atoms with E-state index in [1.54, 1.807) is 0 Å². The Hall–Kier alpha value is -0.990. The number of nitrogens with two attached hydrogens (primary N) is 1. The molecule has 0 aliphatic carbocycles. The molecule has 2 N–H and O–H groups in total. The molecule has 1 heterocycles. The van der Waals surface area contributed by atoms with Gasteiger partial charge in [-0.2, -0.15) is 0 Å². The van der Waals surface area contributed by atoms with Crippen molar-refractivity contribution in [3.8, 4) is 0 Å². The van der Waals surface area contributed by atoms with Gasteiger partial charge in [-0.1, -0.05) is 0 Å². The van der Waals surface area contributed by atoms with Gasteiger partial charge in [-0.05, 0) is 31.9 Å². The van der Waals surface area contributed by atoms with Crippen molar-refractivity contribution in [1.82, 2.24) is 0 Å². The molecular weight excluding hydrogens is 370 g/mol. The van der Waals surface area contributed by atoms with E-state index in [1.165, 1.54) is 17.0 Å². The van der Waals surface area contributed by atoms with E-state index < -0.39 is 4.92 Å². The summed E-state index contributed by atoms with van der Waals surface area (Å²) in [6, 6.07) is 2.54. The molecule has 96 valence electrons. The molecule has 1 aliphatic rings. The maximum absolute atomic E-state index is 11.8. The van der Waals surface area contributed by atoms with E-state index in [0.717, 1.165) is 0 Å². The monoisotopic (exact) mass is 377 g/mol. The molecule has 1 aromatic rings. The third kappa shape index (κ3) is 2.40. The highest BCUT2D eigenvalue weighted by molar-refractivity contribution is 9.11. The molecule has 18 heavy (non-hydrogen) atoms. The Kier molecular flexibility index (Phi) is 3.69. The highest BCUT2D eigenvalue weighted by atomic mass is 79.9. The fourth-order valence-electron chi connectivity index (χ4n) is 1.87. The third-order valence-electron chi connectivity index (χ3n) is 2.64. The van der Waals surface area contributed by atoms with Crippen LogP contribution in [0.25, 0.3) is 0 Å². The topological polar surface area (TPSA) is 89.5 Å². The van der Waals surface area contributed by atoms with E-state index in [-0.39, 0.29) is 24.1 Å². The van der Waals surface area contributed by atoms with Crippen molar-refractivity contribution in [2.75, 3.05) is 11.4 Å². The van der Waals surface area contributed by atoms with Crippen LogP contribution in [-0.2, 0) is 4.79 Å². The van der Waals surface area contributed by atoms with Crippen molar-refractivity contribution in [3.05, 3.63) is 31.2 Å².